The van der Waals surface area contributed by atoms with E-state index in [0.29, 0.717) is 16.9 Å². The highest BCUT2D eigenvalue weighted by molar-refractivity contribution is 5.87. The Hall–Kier alpha value is -2.73. The molecular formula is C15H16N2O4. The third-order valence-electron chi connectivity index (χ3n) is 2.92. The number of aliphatic hydroxyl groups excluding tert-OH is 1. The molecule has 0 saturated heterocycles. The van der Waals surface area contributed by atoms with Crippen molar-refractivity contribution in [3.8, 4) is 5.75 Å². The van der Waals surface area contributed by atoms with Crippen LogP contribution in [0.2, 0.25) is 0 Å². The van der Waals surface area contributed by atoms with Gasteiger partial charge < -0.3 is 10.8 Å². The molecule has 6 nitrogen and oxygen atoms in total. The molecule has 0 radical (unpaired) electrons. The Bertz CT molecular complexity index is 631. The van der Waals surface area contributed by atoms with Crippen molar-refractivity contribution in [3.05, 3.63) is 54.1 Å². The molecule has 0 aromatic heterocycles. The number of amides is 1. The van der Waals surface area contributed by atoms with Gasteiger partial charge in [0.25, 0.3) is 0 Å². The second-order valence-electron chi connectivity index (χ2n) is 4.32. The predicted octanol–water partition coefficient (Wildman–Crippen LogP) is 2.33. The third-order valence-corrected chi connectivity index (χ3v) is 2.92. The van der Waals surface area contributed by atoms with Crippen molar-refractivity contribution in [1.82, 2.24) is 0 Å². The first-order valence-corrected chi connectivity index (χ1v) is 6.29. The SMILES string of the molecule is CN(C(=O)OOc1ccccc1N)c1ccccc1CO. The van der Waals surface area contributed by atoms with Gasteiger partial charge in [-0.15, -0.1) is 0 Å². The number of benzene rings is 2. The van der Waals surface area contributed by atoms with Gasteiger partial charge in [0.1, 0.15) is 0 Å². The number of nitrogen functional groups attached to an aromatic ring is 1. The second kappa shape index (κ2) is 6.62. The number of carbonyl (C=O) groups excluding carboxylic acids is 1. The van der Waals surface area contributed by atoms with Gasteiger partial charge in [-0.25, -0.2) is 9.68 Å². The number of nitrogens with two attached hydrogens (primary N) is 1. The van der Waals surface area contributed by atoms with Crippen LogP contribution in [-0.2, 0) is 11.5 Å². The van der Waals surface area contributed by atoms with Gasteiger partial charge >= 0.3 is 6.09 Å². The topological polar surface area (TPSA) is 85.0 Å². The molecule has 1 amide bonds. The third kappa shape index (κ3) is 3.43. The minimum Gasteiger partial charge on any atom is -0.396 e. The van der Waals surface area contributed by atoms with Crippen molar-refractivity contribution >= 4 is 17.5 Å². The largest absolute Gasteiger partial charge is 0.457 e. The highest BCUT2D eigenvalue weighted by Crippen LogP contribution is 2.22. The van der Waals surface area contributed by atoms with Gasteiger partial charge in [0.2, 0.25) is 5.75 Å². The Morgan fingerprint density at radius 3 is 2.57 bits per heavy atom. The average molecular weight is 288 g/mol. The lowest BCUT2D eigenvalue weighted by atomic mass is 10.2. The summed E-state index contributed by atoms with van der Waals surface area (Å²) in [6, 6.07) is 13.6. The van der Waals surface area contributed by atoms with E-state index in [1.807, 2.05) is 0 Å². The lowest BCUT2D eigenvalue weighted by Gasteiger charge is -2.18. The number of hydrogen-bond donors (Lipinski definition) is 2. The highest BCUT2D eigenvalue weighted by atomic mass is 17.2. The van der Waals surface area contributed by atoms with E-state index in [2.05, 4.69) is 0 Å². The Morgan fingerprint density at radius 2 is 1.86 bits per heavy atom. The normalized spacial score (nSPS) is 10.0. The summed E-state index contributed by atoms with van der Waals surface area (Å²) in [5.74, 6) is 0.259. The van der Waals surface area contributed by atoms with Crippen LogP contribution in [0.25, 0.3) is 0 Å². The van der Waals surface area contributed by atoms with Crippen LogP contribution in [0.1, 0.15) is 5.56 Å². The molecule has 2 rings (SSSR count). The molecule has 0 bridgehead atoms. The summed E-state index contributed by atoms with van der Waals surface area (Å²) in [6.07, 6.45) is -0.723. The summed E-state index contributed by atoms with van der Waals surface area (Å²) in [7, 11) is 1.52. The van der Waals surface area contributed by atoms with Gasteiger partial charge in [0.15, 0.2) is 0 Å². The van der Waals surface area contributed by atoms with E-state index < -0.39 is 6.09 Å². The smallest absolute Gasteiger partial charge is 0.396 e. The minimum atomic E-state index is -0.723. The number of anilines is 2. The quantitative estimate of drug-likeness (QED) is 0.512. The maximum atomic E-state index is 12.0. The molecule has 0 heterocycles. The van der Waals surface area contributed by atoms with Crippen LogP contribution in [0, 0.1) is 0 Å². The standard InChI is InChI=1S/C15H16N2O4/c1-17(13-8-4-2-6-11(13)10-18)15(19)21-20-14-9-5-3-7-12(14)16/h2-9,18H,10,16H2,1H3. The summed E-state index contributed by atoms with van der Waals surface area (Å²) < 4.78 is 0. The van der Waals surface area contributed by atoms with Crippen LogP contribution in [0.4, 0.5) is 16.2 Å². The molecule has 2 aromatic rings. The lowest BCUT2D eigenvalue weighted by Crippen LogP contribution is -2.29. The van der Waals surface area contributed by atoms with Crippen LogP contribution in [0.15, 0.2) is 48.5 Å². The number of carbonyl (C=O) groups is 1. The van der Waals surface area contributed by atoms with Crippen molar-refractivity contribution in [1.29, 1.82) is 0 Å². The number of aliphatic hydroxyl groups is 1. The molecule has 6 heteroatoms. The Morgan fingerprint density at radius 1 is 1.19 bits per heavy atom. The molecule has 3 N–H and O–H groups in total. The molecule has 0 atom stereocenters. The minimum absolute atomic E-state index is 0.180. The molecule has 0 aliphatic heterocycles. The fourth-order valence-electron chi connectivity index (χ4n) is 1.76. The van der Waals surface area contributed by atoms with Gasteiger partial charge in [-0.1, -0.05) is 30.3 Å². The molecule has 0 saturated carbocycles. The number of nitrogens with zero attached hydrogens (tertiary/aromatic N) is 1. The zero-order valence-corrected chi connectivity index (χ0v) is 11.5. The van der Waals surface area contributed by atoms with E-state index >= 15 is 0 Å². The summed E-state index contributed by atoms with van der Waals surface area (Å²) >= 11 is 0. The van der Waals surface area contributed by atoms with E-state index in [1.54, 1.807) is 48.5 Å². The predicted molar refractivity (Wildman–Crippen MR) is 78.7 cm³/mol. The van der Waals surface area contributed by atoms with Crippen LogP contribution in [0.5, 0.6) is 5.75 Å². The fraction of sp³-hybridized carbons (Fsp3) is 0.133. The van der Waals surface area contributed by atoms with E-state index in [9.17, 15) is 9.90 Å². The van der Waals surface area contributed by atoms with Crippen LogP contribution in [-0.4, -0.2) is 18.2 Å². The van der Waals surface area contributed by atoms with Crippen LogP contribution >= 0.6 is 0 Å². The number of rotatable bonds is 4. The van der Waals surface area contributed by atoms with Crippen molar-refractivity contribution in [3.63, 3.8) is 0 Å². The van der Waals surface area contributed by atoms with Gasteiger partial charge in [-0.05, 0) is 18.2 Å². The molecule has 0 unspecified atom stereocenters. The maximum absolute atomic E-state index is 12.0. The average Bonchev–Trinajstić information content (AvgIpc) is 2.53. The summed E-state index contributed by atoms with van der Waals surface area (Å²) in [6.45, 7) is -0.180. The Balaban J connectivity index is 2.05. The zero-order valence-electron chi connectivity index (χ0n) is 11.5. The molecule has 0 spiro atoms. The first-order valence-electron chi connectivity index (χ1n) is 6.29. The van der Waals surface area contributed by atoms with Gasteiger partial charge in [-0.2, -0.15) is 0 Å². The van der Waals surface area contributed by atoms with Crippen molar-refractivity contribution in [2.45, 2.75) is 6.61 Å². The summed E-state index contributed by atoms with van der Waals surface area (Å²) in [5, 5.41) is 9.27. The van der Waals surface area contributed by atoms with Crippen LogP contribution < -0.4 is 15.5 Å². The van der Waals surface area contributed by atoms with Crippen molar-refractivity contribution < 1.29 is 19.7 Å². The summed E-state index contributed by atoms with van der Waals surface area (Å²) in [5.41, 5.74) is 7.19. The highest BCUT2D eigenvalue weighted by Gasteiger charge is 2.17. The Kier molecular flexibility index (Phi) is 4.63. The first kappa shape index (κ1) is 14.7. The van der Waals surface area contributed by atoms with E-state index in [0.717, 1.165) is 0 Å². The molecular weight excluding hydrogens is 272 g/mol. The molecule has 21 heavy (non-hydrogen) atoms. The van der Waals surface area contributed by atoms with E-state index in [1.165, 1.54) is 11.9 Å². The zero-order chi connectivity index (χ0) is 15.2. The van der Waals surface area contributed by atoms with Crippen molar-refractivity contribution in [2.75, 3.05) is 17.7 Å². The number of hydrogen-bond acceptors (Lipinski definition) is 5. The van der Waals surface area contributed by atoms with Crippen molar-refractivity contribution in [2.24, 2.45) is 0 Å². The van der Waals surface area contributed by atoms with E-state index in [-0.39, 0.29) is 12.4 Å². The maximum Gasteiger partial charge on any atom is 0.457 e. The summed E-state index contributed by atoms with van der Waals surface area (Å²) in [4.78, 5) is 22.9. The second-order valence-corrected chi connectivity index (χ2v) is 4.32. The lowest BCUT2D eigenvalue weighted by molar-refractivity contribution is -0.138. The molecule has 0 fully saturated rings. The molecule has 0 aliphatic carbocycles. The number of para-hydroxylation sites is 3. The Labute approximate surface area is 122 Å². The van der Waals surface area contributed by atoms with Crippen LogP contribution in [0.3, 0.4) is 0 Å². The van der Waals surface area contributed by atoms with E-state index in [4.69, 9.17) is 15.5 Å². The monoisotopic (exact) mass is 288 g/mol. The van der Waals surface area contributed by atoms with Gasteiger partial charge in [-0.3, -0.25) is 9.79 Å². The van der Waals surface area contributed by atoms with Gasteiger partial charge in [0.05, 0.1) is 18.0 Å². The van der Waals surface area contributed by atoms with Gasteiger partial charge in [0, 0.05) is 12.6 Å². The molecule has 2 aromatic carbocycles. The fourth-order valence-corrected chi connectivity index (χ4v) is 1.76. The molecule has 110 valence electrons. The molecule has 0 aliphatic rings. The first-order chi connectivity index (χ1) is 10.1.